The summed E-state index contributed by atoms with van der Waals surface area (Å²) in [5.74, 6) is 0.816. The standard InChI is InChI=1S/C21H38N4O2/c1-21(2,3)27-17-19-10-7-9-18(15-19)16-24-20(22-4)23-11-13-25(5)12-8-14-26-6/h7,9-10,15H,8,11-14,16-17H2,1-6H3,(H2,22,23,24). The Morgan fingerprint density at radius 2 is 1.89 bits per heavy atom. The second kappa shape index (κ2) is 12.7. The lowest BCUT2D eigenvalue weighted by atomic mass is 10.1. The van der Waals surface area contributed by atoms with Gasteiger partial charge in [-0.05, 0) is 45.4 Å². The fourth-order valence-corrected chi connectivity index (χ4v) is 2.49. The van der Waals surface area contributed by atoms with Crippen molar-refractivity contribution in [3.05, 3.63) is 35.4 Å². The molecule has 6 heteroatoms. The Morgan fingerprint density at radius 1 is 1.15 bits per heavy atom. The third-order valence-electron chi connectivity index (χ3n) is 4.02. The molecule has 0 aliphatic heterocycles. The fraction of sp³-hybridized carbons (Fsp3) is 0.667. The predicted molar refractivity (Wildman–Crippen MR) is 113 cm³/mol. The maximum atomic E-state index is 5.86. The van der Waals surface area contributed by atoms with Gasteiger partial charge in [-0.15, -0.1) is 0 Å². The Kier molecular flexibility index (Phi) is 11.0. The zero-order chi connectivity index (χ0) is 20.1. The number of ether oxygens (including phenoxy) is 2. The van der Waals surface area contributed by atoms with E-state index in [0.717, 1.165) is 45.2 Å². The van der Waals surface area contributed by atoms with Crippen LogP contribution >= 0.6 is 0 Å². The van der Waals surface area contributed by atoms with E-state index in [4.69, 9.17) is 9.47 Å². The molecule has 0 bridgehead atoms. The second-order valence-electron chi connectivity index (χ2n) is 7.72. The van der Waals surface area contributed by atoms with E-state index in [9.17, 15) is 0 Å². The largest absolute Gasteiger partial charge is 0.385 e. The van der Waals surface area contributed by atoms with Crippen molar-refractivity contribution in [3.63, 3.8) is 0 Å². The van der Waals surface area contributed by atoms with Crippen LogP contribution < -0.4 is 10.6 Å². The SMILES string of the molecule is CN=C(NCCN(C)CCCOC)NCc1cccc(COC(C)(C)C)c1. The second-order valence-corrected chi connectivity index (χ2v) is 7.72. The van der Waals surface area contributed by atoms with E-state index in [-0.39, 0.29) is 5.60 Å². The summed E-state index contributed by atoms with van der Waals surface area (Å²) in [6, 6.07) is 8.46. The number of benzene rings is 1. The summed E-state index contributed by atoms with van der Waals surface area (Å²) in [7, 11) is 5.66. The first-order valence-corrected chi connectivity index (χ1v) is 9.68. The Labute approximate surface area is 165 Å². The number of guanidine groups is 1. The van der Waals surface area contributed by atoms with Crippen LogP contribution in [-0.4, -0.2) is 63.9 Å². The average molecular weight is 379 g/mol. The van der Waals surface area contributed by atoms with Gasteiger partial charge in [-0.3, -0.25) is 4.99 Å². The fourth-order valence-electron chi connectivity index (χ4n) is 2.49. The summed E-state index contributed by atoms with van der Waals surface area (Å²) in [4.78, 5) is 6.59. The van der Waals surface area contributed by atoms with Crippen LogP contribution in [0.3, 0.4) is 0 Å². The quantitative estimate of drug-likeness (QED) is 0.352. The third kappa shape index (κ3) is 11.6. The van der Waals surface area contributed by atoms with Crippen molar-refractivity contribution in [2.75, 3.05) is 47.4 Å². The first-order valence-electron chi connectivity index (χ1n) is 9.68. The van der Waals surface area contributed by atoms with Crippen LogP contribution in [-0.2, 0) is 22.6 Å². The molecule has 0 atom stereocenters. The molecule has 0 radical (unpaired) electrons. The third-order valence-corrected chi connectivity index (χ3v) is 4.02. The van der Waals surface area contributed by atoms with Gasteiger partial charge in [-0.25, -0.2) is 0 Å². The van der Waals surface area contributed by atoms with Gasteiger partial charge in [0.25, 0.3) is 0 Å². The van der Waals surface area contributed by atoms with Gasteiger partial charge in [0.05, 0.1) is 12.2 Å². The Hall–Kier alpha value is -1.63. The van der Waals surface area contributed by atoms with E-state index >= 15 is 0 Å². The van der Waals surface area contributed by atoms with Gasteiger partial charge in [-0.1, -0.05) is 24.3 Å². The van der Waals surface area contributed by atoms with E-state index in [1.54, 1.807) is 14.2 Å². The minimum atomic E-state index is -0.128. The molecule has 0 amide bonds. The average Bonchev–Trinajstić information content (AvgIpc) is 2.63. The molecule has 0 aromatic heterocycles. The lowest BCUT2D eigenvalue weighted by Gasteiger charge is -2.20. The van der Waals surface area contributed by atoms with Crippen molar-refractivity contribution in [2.45, 2.75) is 45.9 Å². The molecular formula is C21H38N4O2. The van der Waals surface area contributed by atoms with Gasteiger partial charge in [-0.2, -0.15) is 0 Å². The number of methoxy groups -OCH3 is 1. The number of nitrogens with one attached hydrogen (secondary N) is 2. The number of nitrogens with zero attached hydrogens (tertiary/aromatic N) is 2. The molecule has 0 saturated heterocycles. The van der Waals surface area contributed by atoms with Crippen LogP contribution in [0, 0.1) is 0 Å². The van der Waals surface area contributed by atoms with Crippen LogP contribution in [0.4, 0.5) is 0 Å². The summed E-state index contributed by atoms with van der Waals surface area (Å²) >= 11 is 0. The maximum absolute atomic E-state index is 5.86. The summed E-state index contributed by atoms with van der Waals surface area (Å²) < 4.78 is 10.9. The Morgan fingerprint density at radius 3 is 2.56 bits per heavy atom. The summed E-state index contributed by atoms with van der Waals surface area (Å²) in [6.07, 6.45) is 1.05. The summed E-state index contributed by atoms with van der Waals surface area (Å²) in [5, 5.41) is 6.73. The van der Waals surface area contributed by atoms with Crippen LogP contribution in [0.15, 0.2) is 29.3 Å². The molecule has 0 heterocycles. The summed E-state index contributed by atoms with van der Waals surface area (Å²) in [5.41, 5.74) is 2.27. The van der Waals surface area contributed by atoms with Crippen molar-refractivity contribution in [1.29, 1.82) is 0 Å². The molecule has 27 heavy (non-hydrogen) atoms. The van der Waals surface area contributed by atoms with Crippen LogP contribution in [0.5, 0.6) is 0 Å². The molecular weight excluding hydrogens is 340 g/mol. The molecule has 1 aromatic rings. The molecule has 0 fully saturated rings. The van der Waals surface area contributed by atoms with Crippen LogP contribution in [0.2, 0.25) is 0 Å². The number of aliphatic imine (C=N–C) groups is 1. The van der Waals surface area contributed by atoms with Crippen molar-refractivity contribution in [3.8, 4) is 0 Å². The zero-order valence-electron chi connectivity index (χ0n) is 18.0. The minimum Gasteiger partial charge on any atom is -0.385 e. The van der Waals surface area contributed by atoms with Gasteiger partial charge in [0.1, 0.15) is 0 Å². The number of hydrogen-bond acceptors (Lipinski definition) is 4. The smallest absolute Gasteiger partial charge is 0.191 e. The highest BCUT2D eigenvalue weighted by atomic mass is 16.5. The molecule has 154 valence electrons. The monoisotopic (exact) mass is 378 g/mol. The van der Waals surface area contributed by atoms with E-state index in [2.05, 4.69) is 72.6 Å². The molecule has 0 unspecified atom stereocenters. The van der Waals surface area contributed by atoms with Gasteiger partial charge >= 0.3 is 0 Å². The maximum Gasteiger partial charge on any atom is 0.191 e. The van der Waals surface area contributed by atoms with Crippen molar-refractivity contribution in [2.24, 2.45) is 4.99 Å². The zero-order valence-corrected chi connectivity index (χ0v) is 18.0. The van der Waals surface area contributed by atoms with E-state index < -0.39 is 0 Å². The normalized spacial score (nSPS) is 12.5. The van der Waals surface area contributed by atoms with Gasteiger partial charge in [0.15, 0.2) is 5.96 Å². The van der Waals surface area contributed by atoms with E-state index in [1.165, 1.54) is 11.1 Å². The van der Waals surface area contributed by atoms with E-state index in [0.29, 0.717) is 6.61 Å². The Bertz CT molecular complexity index is 555. The molecule has 0 aliphatic carbocycles. The molecule has 1 rings (SSSR count). The molecule has 0 aliphatic rings. The number of likely N-dealkylation sites (N-methyl/N-ethyl adjacent to an activating group) is 1. The molecule has 6 nitrogen and oxygen atoms in total. The van der Waals surface area contributed by atoms with Gasteiger partial charge < -0.3 is 25.0 Å². The van der Waals surface area contributed by atoms with Crippen LogP contribution in [0.1, 0.15) is 38.3 Å². The minimum absolute atomic E-state index is 0.128. The van der Waals surface area contributed by atoms with E-state index in [1.807, 2.05) is 0 Å². The van der Waals surface area contributed by atoms with Gasteiger partial charge in [0, 0.05) is 46.9 Å². The highest BCUT2D eigenvalue weighted by Gasteiger charge is 2.10. The number of rotatable bonds is 11. The number of hydrogen-bond donors (Lipinski definition) is 2. The van der Waals surface area contributed by atoms with Crippen molar-refractivity contribution < 1.29 is 9.47 Å². The van der Waals surface area contributed by atoms with Crippen molar-refractivity contribution in [1.82, 2.24) is 15.5 Å². The first-order chi connectivity index (χ1) is 12.8. The lowest BCUT2D eigenvalue weighted by molar-refractivity contribution is -0.0149. The van der Waals surface area contributed by atoms with Gasteiger partial charge in [0.2, 0.25) is 0 Å². The molecule has 0 spiro atoms. The van der Waals surface area contributed by atoms with Crippen molar-refractivity contribution >= 4 is 5.96 Å². The van der Waals surface area contributed by atoms with Crippen LogP contribution in [0.25, 0.3) is 0 Å². The molecule has 1 aromatic carbocycles. The first kappa shape index (κ1) is 23.4. The lowest BCUT2D eigenvalue weighted by Crippen LogP contribution is -2.40. The molecule has 2 N–H and O–H groups in total. The summed E-state index contributed by atoms with van der Waals surface area (Å²) in [6.45, 7) is 11.2. The topological polar surface area (TPSA) is 58.1 Å². The highest BCUT2D eigenvalue weighted by Crippen LogP contribution is 2.13. The predicted octanol–water partition coefficient (Wildman–Crippen LogP) is 2.64. The molecule has 0 saturated carbocycles. The highest BCUT2D eigenvalue weighted by molar-refractivity contribution is 5.79. The Balaban J connectivity index is 2.35.